The molecule has 0 saturated heterocycles. The Hall–Kier alpha value is -3.42. The minimum Gasteiger partial charge on any atom is -0.490 e. The van der Waals surface area contributed by atoms with Gasteiger partial charge < -0.3 is 14.9 Å². The number of hydrogen-bond acceptors (Lipinski definition) is 6. The van der Waals surface area contributed by atoms with Crippen molar-refractivity contribution in [2.45, 2.75) is 0 Å². The lowest BCUT2D eigenvalue weighted by Crippen LogP contribution is -2.13. The van der Waals surface area contributed by atoms with Crippen molar-refractivity contribution in [3.63, 3.8) is 0 Å². The fourth-order valence-corrected chi connectivity index (χ4v) is 1.72. The Morgan fingerprint density at radius 1 is 1.17 bits per heavy atom. The van der Waals surface area contributed by atoms with E-state index in [0.717, 1.165) is 6.21 Å². The van der Waals surface area contributed by atoms with Crippen molar-refractivity contribution in [1.29, 1.82) is 0 Å². The van der Waals surface area contributed by atoms with Crippen LogP contribution >= 0.6 is 0 Å². The number of nitrogens with zero attached hydrogens (tertiary/aromatic N) is 2. The van der Waals surface area contributed by atoms with Gasteiger partial charge in [0.15, 0.2) is 6.61 Å². The predicted molar refractivity (Wildman–Crippen MR) is 88.1 cm³/mol. The van der Waals surface area contributed by atoms with Crippen molar-refractivity contribution in [3.05, 3.63) is 64.7 Å². The molecule has 0 fully saturated rings. The minimum absolute atomic E-state index is 0.112. The molecular formula is C16H15N3O5. The van der Waals surface area contributed by atoms with Gasteiger partial charge in [-0.1, -0.05) is 29.4 Å². The number of oxime groups is 1. The number of hydrogen-bond donors (Lipinski definition) is 1. The Bertz CT molecular complexity index is 719. The van der Waals surface area contributed by atoms with Crippen LogP contribution in [0, 0.1) is 10.1 Å². The Kier molecular flexibility index (Phi) is 6.27. The molecule has 0 heterocycles. The second-order valence-electron chi connectivity index (χ2n) is 4.53. The molecule has 2 aromatic rings. The van der Waals surface area contributed by atoms with Gasteiger partial charge in [0.05, 0.1) is 4.92 Å². The van der Waals surface area contributed by atoms with Gasteiger partial charge in [-0.3, -0.25) is 14.9 Å². The van der Waals surface area contributed by atoms with Crippen molar-refractivity contribution in [2.24, 2.45) is 5.16 Å². The Balaban J connectivity index is 1.69. The Labute approximate surface area is 137 Å². The van der Waals surface area contributed by atoms with Crippen molar-refractivity contribution < 1.29 is 19.3 Å². The van der Waals surface area contributed by atoms with E-state index in [-0.39, 0.29) is 18.9 Å². The normalized spacial score (nSPS) is 10.3. The maximum atomic E-state index is 11.6. The molecule has 0 atom stereocenters. The van der Waals surface area contributed by atoms with Crippen LogP contribution in [-0.2, 0) is 9.63 Å². The molecule has 2 rings (SSSR count). The summed E-state index contributed by atoms with van der Waals surface area (Å²) in [6, 6.07) is 14.8. The molecule has 8 nitrogen and oxygen atoms in total. The first-order valence-electron chi connectivity index (χ1n) is 7.04. The fraction of sp³-hybridized carbons (Fsp3) is 0.125. The smallest absolute Gasteiger partial charge is 0.271 e. The van der Waals surface area contributed by atoms with E-state index in [1.54, 1.807) is 0 Å². The highest BCUT2D eigenvalue weighted by molar-refractivity contribution is 6.31. The second-order valence-corrected chi connectivity index (χ2v) is 4.53. The second kappa shape index (κ2) is 8.89. The van der Waals surface area contributed by atoms with Gasteiger partial charge in [-0.25, -0.2) is 0 Å². The summed E-state index contributed by atoms with van der Waals surface area (Å²) in [7, 11) is 0. The van der Waals surface area contributed by atoms with Crippen molar-refractivity contribution in [2.75, 3.05) is 18.5 Å². The zero-order valence-corrected chi connectivity index (χ0v) is 12.6. The van der Waals surface area contributed by atoms with E-state index in [9.17, 15) is 14.9 Å². The number of anilines is 1. The Morgan fingerprint density at radius 3 is 2.71 bits per heavy atom. The number of rotatable bonds is 8. The fourth-order valence-electron chi connectivity index (χ4n) is 1.72. The minimum atomic E-state index is -0.556. The number of amides is 1. The molecule has 0 aliphatic carbocycles. The third-order valence-corrected chi connectivity index (χ3v) is 2.76. The van der Waals surface area contributed by atoms with Crippen molar-refractivity contribution in [3.8, 4) is 5.75 Å². The molecule has 0 aliphatic heterocycles. The summed E-state index contributed by atoms with van der Waals surface area (Å²) in [6.45, 7) is 0.462. The summed E-state index contributed by atoms with van der Waals surface area (Å²) < 4.78 is 5.38. The van der Waals surface area contributed by atoms with Crippen LogP contribution < -0.4 is 10.1 Å². The van der Waals surface area contributed by atoms with Gasteiger partial charge in [-0.15, -0.1) is 0 Å². The van der Waals surface area contributed by atoms with Crippen LogP contribution in [0.1, 0.15) is 0 Å². The summed E-state index contributed by atoms with van der Waals surface area (Å²) in [4.78, 5) is 26.6. The molecular weight excluding hydrogens is 314 g/mol. The first kappa shape index (κ1) is 16.9. The molecule has 0 aliphatic rings. The van der Waals surface area contributed by atoms with Crippen LogP contribution in [0.15, 0.2) is 59.8 Å². The largest absolute Gasteiger partial charge is 0.490 e. The number of non-ortho nitro benzene ring substituents is 1. The van der Waals surface area contributed by atoms with Crippen LogP contribution in [0.3, 0.4) is 0 Å². The average Bonchev–Trinajstić information content (AvgIpc) is 2.59. The monoisotopic (exact) mass is 329 g/mol. The zero-order valence-electron chi connectivity index (χ0n) is 12.6. The molecule has 0 saturated carbocycles. The van der Waals surface area contributed by atoms with Gasteiger partial charge in [0.2, 0.25) is 0 Å². The van der Waals surface area contributed by atoms with Crippen LogP contribution in [0.5, 0.6) is 5.75 Å². The number of nitro benzene ring substituents is 1. The quantitative estimate of drug-likeness (QED) is 0.347. The van der Waals surface area contributed by atoms with E-state index in [1.165, 1.54) is 24.3 Å². The molecule has 24 heavy (non-hydrogen) atoms. The average molecular weight is 329 g/mol. The molecule has 0 bridgehead atoms. The summed E-state index contributed by atoms with van der Waals surface area (Å²) in [6.07, 6.45) is 0.946. The number of carbonyl (C=O) groups excluding carboxylic acids is 1. The lowest BCUT2D eigenvalue weighted by Gasteiger charge is -2.04. The van der Waals surface area contributed by atoms with E-state index in [2.05, 4.69) is 10.5 Å². The summed E-state index contributed by atoms with van der Waals surface area (Å²) in [5.41, 5.74) is 0.187. The van der Waals surface area contributed by atoms with Crippen LogP contribution in [0.2, 0.25) is 0 Å². The molecule has 124 valence electrons. The molecule has 0 aromatic heterocycles. The first-order valence-corrected chi connectivity index (χ1v) is 7.04. The number of carbonyl (C=O) groups is 1. The van der Waals surface area contributed by atoms with E-state index < -0.39 is 10.8 Å². The van der Waals surface area contributed by atoms with Gasteiger partial charge in [-0.05, 0) is 18.2 Å². The van der Waals surface area contributed by atoms with Gasteiger partial charge >= 0.3 is 0 Å². The SMILES string of the molecule is O=C(/C=N\OCCOc1ccccc1)Nc1cccc([N+](=O)[O-])c1. The van der Waals surface area contributed by atoms with Crippen molar-refractivity contribution in [1.82, 2.24) is 0 Å². The molecule has 0 spiro atoms. The standard InChI is InChI=1S/C16H15N3O5/c20-16(18-13-5-4-6-14(11-13)19(21)22)12-17-24-10-9-23-15-7-2-1-3-8-15/h1-8,11-12H,9-10H2,(H,18,20)/b17-12-. The van der Waals surface area contributed by atoms with Crippen molar-refractivity contribution >= 4 is 23.5 Å². The van der Waals surface area contributed by atoms with Crippen LogP contribution in [0.25, 0.3) is 0 Å². The maximum Gasteiger partial charge on any atom is 0.271 e. The summed E-state index contributed by atoms with van der Waals surface area (Å²) in [5, 5.41) is 16.6. The highest BCUT2D eigenvalue weighted by Crippen LogP contribution is 2.16. The van der Waals surface area contributed by atoms with Crippen LogP contribution in [-0.4, -0.2) is 30.3 Å². The van der Waals surface area contributed by atoms with Crippen LogP contribution in [0.4, 0.5) is 11.4 Å². The third kappa shape index (κ3) is 5.76. The van der Waals surface area contributed by atoms with Gasteiger partial charge in [-0.2, -0.15) is 0 Å². The number of benzene rings is 2. The number of nitrogens with one attached hydrogen (secondary N) is 1. The van der Waals surface area contributed by atoms with E-state index >= 15 is 0 Å². The molecule has 8 heteroatoms. The highest BCUT2D eigenvalue weighted by Gasteiger charge is 2.06. The lowest BCUT2D eigenvalue weighted by atomic mass is 10.3. The number of para-hydroxylation sites is 1. The first-order chi connectivity index (χ1) is 11.6. The highest BCUT2D eigenvalue weighted by atomic mass is 16.6. The third-order valence-electron chi connectivity index (χ3n) is 2.76. The van der Waals surface area contributed by atoms with Gasteiger partial charge in [0, 0.05) is 17.8 Å². The van der Waals surface area contributed by atoms with E-state index in [1.807, 2.05) is 30.3 Å². The topological polar surface area (TPSA) is 103 Å². The zero-order chi connectivity index (χ0) is 17.2. The number of nitro groups is 1. The summed E-state index contributed by atoms with van der Waals surface area (Å²) in [5.74, 6) is 0.160. The number of ether oxygens (including phenoxy) is 1. The predicted octanol–water partition coefficient (Wildman–Crippen LogP) is 2.61. The van der Waals surface area contributed by atoms with E-state index in [0.29, 0.717) is 11.4 Å². The van der Waals surface area contributed by atoms with E-state index in [4.69, 9.17) is 9.57 Å². The van der Waals surface area contributed by atoms with Gasteiger partial charge in [0.1, 0.15) is 18.6 Å². The van der Waals surface area contributed by atoms with Gasteiger partial charge in [0.25, 0.3) is 11.6 Å². The summed E-state index contributed by atoms with van der Waals surface area (Å²) >= 11 is 0. The molecule has 0 unspecified atom stereocenters. The lowest BCUT2D eigenvalue weighted by molar-refractivity contribution is -0.384. The molecule has 1 amide bonds. The maximum absolute atomic E-state index is 11.6. The molecule has 0 radical (unpaired) electrons. The Morgan fingerprint density at radius 2 is 1.96 bits per heavy atom. The molecule has 2 aromatic carbocycles. The molecule has 1 N–H and O–H groups in total.